The van der Waals surface area contributed by atoms with Crippen LogP contribution >= 0.6 is 0 Å². The van der Waals surface area contributed by atoms with Crippen LogP contribution in [0.5, 0.6) is 0 Å². The lowest BCUT2D eigenvalue weighted by atomic mass is 9.69. The molecule has 122 valence electrons. The SMILES string of the molecule is Cc1cc2c(cc3c4c(nccc42)-c2ccccc2C3(C)C)c(C)n1. The number of benzene rings is 2. The molecule has 0 saturated heterocycles. The number of fused-ring (bicyclic) bond motifs is 4. The molecule has 0 amide bonds. The zero-order chi connectivity index (χ0) is 17.3. The Kier molecular flexibility index (Phi) is 2.72. The van der Waals surface area contributed by atoms with Crippen molar-refractivity contribution in [2.75, 3.05) is 0 Å². The first-order chi connectivity index (χ1) is 12.0. The van der Waals surface area contributed by atoms with Crippen molar-refractivity contribution in [1.29, 1.82) is 0 Å². The number of rotatable bonds is 0. The van der Waals surface area contributed by atoms with Crippen molar-refractivity contribution in [3.8, 4) is 11.3 Å². The van der Waals surface area contributed by atoms with E-state index >= 15 is 0 Å². The van der Waals surface area contributed by atoms with Gasteiger partial charge in [0.25, 0.3) is 0 Å². The molecule has 0 atom stereocenters. The van der Waals surface area contributed by atoms with Crippen LogP contribution < -0.4 is 0 Å². The summed E-state index contributed by atoms with van der Waals surface area (Å²) in [5.74, 6) is 0. The van der Waals surface area contributed by atoms with Gasteiger partial charge in [0.2, 0.25) is 0 Å². The minimum Gasteiger partial charge on any atom is -0.258 e. The standard InChI is InChI=1S/C23H20N2/c1-13-11-18-15-9-10-24-22-16-7-5-6-8-19(16)23(3,4)20(21(15)22)12-17(18)14(2)25-13/h5-12H,1-4H3. The number of aryl methyl sites for hydroxylation is 2. The molecule has 25 heavy (non-hydrogen) atoms. The molecule has 2 heteroatoms. The highest BCUT2D eigenvalue weighted by Crippen LogP contribution is 2.49. The van der Waals surface area contributed by atoms with Crippen molar-refractivity contribution in [2.45, 2.75) is 33.1 Å². The summed E-state index contributed by atoms with van der Waals surface area (Å²) < 4.78 is 0. The first kappa shape index (κ1) is 14.6. The molecule has 0 N–H and O–H groups in total. The van der Waals surface area contributed by atoms with E-state index in [0.29, 0.717) is 0 Å². The molecule has 1 aliphatic carbocycles. The maximum atomic E-state index is 4.78. The largest absolute Gasteiger partial charge is 0.258 e. The van der Waals surface area contributed by atoms with Crippen LogP contribution in [0.3, 0.4) is 0 Å². The lowest BCUT2D eigenvalue weighted by Crippen LogP contribution is -2.24. The monoisotopic (exact) mass is 324 g/mol. The topological polar surface area (TPSA) is 25.8 Å². The van der Waals surface area contributed by atoms with Gasteiger partial charge in [-0.05, 0) is 53.9 Å². The van der Waals surface area contributed by atoms with Gasteiger partial charge in [-0.1, -0.05) is 38.1 Å². The highest BCUT2D eigenvalue weighted by atomic mass is 14.7. The summed E-state index contributed by atoms with van der Waals surface area (Å²) in [6, 6.07) is 15.4. The van der Waals surface area contributed by atoms with Crippen molar-refractivity contribution >= 4 is 21.5 Å². The van der Waals surface area contributed by atoms with Crippen LogP contribution in [0.1, 0.15) is 36.4 Å². The van der Waals surface area contributed by atoms with Gasteiger partial charge >= 0.3 is 0 Å². The lowest BCUT2D eigenvalue weighted by Gasteiger charge is -2.35. The zero-order valence-corrected chi connectivity index (χ0v) is 15.0. The average molecular weight is 324 g/mol. The Balaban J connectivity index is 2.09. The second kappa shape index (κ2) is 4.66. The number of nitrogens with zero attached hydrogens (tertiary/aromatic N) is 2. The van der Waals surface area contributed by atoms with Crippen molar-refractivity contribution in [2.24, 2.45) is 0 Å². The Hall–Kier alpha value is -2.74. The highest BCUT2D eigenvalue weighted by molar-refractivity contribution is 6.15. The maximum Gasteiger partial charge on any atom is 0.0786 e. The Labute approximate surface area is 147 Å². The lowest BCUT2D eigenvalue weighted by molar-refractivity contribution is 0.645. The molecular formula is C23H20N2. The van der Waals surface area contributed by atoms with E-state index in [2.05, 4.69) is 70.2 Å². The minimum absolute atomic E-state index is 0.0591. The van der Waals surface area contributed by atoms with Crippen LogP contribution in [0.15, 0.2) is 48.7 Å². The molecule has 0 unspecified atom stereocenters. The molecule has 0 spiro atoms. The molecule has 4 aromatic rings. The number of pyridine rings is 2. The third-order valence-electron chi connectivity index (χ3n) is 5.71. The quantitative estimate of drug-likeness (QED) is 0.387. The molecule has 5 rings (SSSR count). The van der Waals surface area contributed by atoms with Gasteiger partial charge in [0, 0.05) is 39.3 Å². The third kappa shape index (κ3) is 1.80. The van der Waals surface area contributed by atoms with E-state index in [1.54, 1.807) is 0 Å². The van der Waals surface area contributed by atoms with E-state index in [1.807, 2.05) is 6.20 Å². The van der Waals surface area contributed by atoms with Crippen LogP contribution in [-0.4, -0.2) is 9.97 Å². The van der Waals surface area contributed by atoms with Gasteiger partial charge in [0.1, 0.15) is 0 Å². The summed E-state index contributed by atoms with van der Waals surface area (Å²) in [4.78, 5) is 9.48. The molecule has 2 aromatic heterocycles. The van der Waals surface area contributed by atoms with Crippen molar-refractivity contribution in [1.82, 2.24) is 9.97 Å². The van der Waals surface area contributed by atoms with Crippen LogP contribution in [-0.2, 0) is 5.41 Å². The van der Waals surface area contributed by atoms with Gasteiger partial charge in [-0.15, -0.1) is 0 Å². The minimum atomic E-state index is -0.0591. The molecule has 2 aromatic carbocycles. The number of aromatic nitrogens is 2. The first-order valence-electron chi connectivity index (χ1n) is 8.78. The fourth-order valence-electron chi connectivity index (χ4n) is 4.50. The number of hydrogen-bond acceptors (Lipinski definition) is 2. The van der Waals surface area contributed by atoms with Crippen molar-refractivity contribution in [3.05, 3.63) is 71.2 Å². The fraction of sp³-hybridized carbons (Fsp3) is 0.217. The van der Waals surface area contributed by atoms with Gasteiger partial charge in [-0.3, -0.25) is 9.97 Å². The predicted octanol–water partition coefficient (Wildman–Crippen LogP) is 5.71. The summed E-state index contributed by atoms with van der Waals surface area (Å²) in [6.07, 6.45) is 1.95. The third-order valence-corrected chi connectivity index (χ3v) is 5.71. The number of hydrogen-bond donors (Lipinski definition) is 0. The summed E-state index contributed by atoms with van der Waals surface area (Å²) in [7, 11) is 0. The smallest absolute Gasteiger partial charge is 0.0786 e. The summed E-state index contributed by atoms with van der Waals surface area (Å²) >= 11 is 0. The van der Waals surface area contributed by atoms with Crippen LogP contribution in [0.2, 0.25) is 0 Å². The van der Waals surface area contributed by atoms with E-state index in [9.17, 15) is 0 Å². The molecule has 0 aliphatic heterocycles. The van der Waals surface area contributed by atoms with Gasteiger partial charge in [0.15, 0.2) is 0 Å². The highest BCUT2D eigenvalue weighted by Gasteiger charge is 2.34. The fourth-order valence-corrected chi connectivity index (χ4v) is 4.50. The maximum absolute atomic E-state index is 4.78. The van der Waals surface area contributed by atoms with E-state index in [-0.39, 0.29) is 5.41 Å². The van der Waals surface area contributed by atoms with E-state index in [0.717, 1.165) is 17.1 Å². The molecule has 1 aliphatic rings. The van der Waals surface area contributed by atoms with Gasteiger partial charge in [0.05, 0.1) is 5.69 Å². The van der Waals surface area contributed by atoms with E-state index < -0.39 is 0 Å². The molecule has 0 radical (unpaired) electrons. The van der Waals surface area contributed by atoms with E-state index in [1.165, 1.54) is 38.2 Å². The second-order valence-corrected chi connectivity index (χ2v) is 7.62. The van der Waals surface area contributed by atoms with Crippen LogP contribution in [0.25, 0.3) is 32.8 Å². The van der Waals surface area contributed by atoms with E-state index in [4.69, 9.17) is 9.97 Å². The van der Waals surface area contributed by atoms with Crippen molar-refractivity contribution in [3.63, 3.8) is 0 Å². The second-order valence-electron chi connectivity index (χ2n) is 7.62. The molecule has 0 fully saturated rings. The first-order valence-corrected chi connectivity index (χ1v) is 8.78. The Bertz CT molecular complexity index is 1190. The molecule has 2 heterocycles. The van der Waals surface area contributed by atoms with Crippen LogP contribution in [0.4, 0.5) is 0 Å². The summed E-state index contributed by atoms with van der Waals surface area (Å²) in [5, 5.41) is 5.11. The summed E-state index contributed by atoms with van der Waals surface area (Å²) in [6.45, 7) is 8.82. The zero-order valence-electron chi connectivity index (χ0n) is 15.0. The van der Waals surface area contributed by atoms with Gasteiger partial charge in [-0.25, -0.2) is 0 Å². The molecular weight excluding hydrogens is 304 g/mol. The normalized spacial score (nSPS) is 14.7. The van der Waals surface area contributed by atoms with Crippen molar-refractivity contribution < 1.29 is 0 Å². The van der Waals surface area contributed by atoms with Gasteiger partial charge in [-0.2, -0.15) is 0 Å². The Morgan fingerprint density at radius 3 is 2.48 bits per heavy atom. The molecule has 2 nitrogen and oxygen atoms in total. The average Bonchev–Trinajstić information content (AvgIpc) is 2.60. The molecule has 0 saturated carbocycles. The molecule has 0 bridgehead atoms. The Morgan fingerprint density at radius 2 is 1.64 bits per heavy atom. The van der Waals surface area contributed by atoms with Gasteiger partial charge < -0.3 is 0 Å². The van der Waals surface area contributed by atoms with Crippen LogP contribution in [0, 0.1) is 13.8 Å². The Morgan fingerprint density at radius 1 is 0.840 bits per heavy atom. The predicted molar refractivity (Wildman–Crippen MR) is 104 cm³/mol. The summed E-state index contributed by atoms with van der Waals surface area (Å²) in [5.41, 5.74) is 7.17.